The molecule has 0 bridgehead atoms. The number of hydrogen-bond donors (Lipinski definition) is 2. The molecule has 7 heteroatoms. The molecule has 1 atom stereocenters. The van der Waals surface area contributed by atoms with Gasteiger partial charge in [0.05, 0.1) is 13.7 Å². The second-order valence-corrected chi connectivity index (χ2v) is 5.25. The molecule has 0 fully saturated rings. The average molecular weight is 316 g/mol. The summed E-state index contributed by atoms with van der Waals surface area (Å²) in [6, 6.07) is 6.57. The lowest BCUT2D eigenvalue weighted by atomic mass is 10.1. The first-order valence-electron chi connectivity index (χ1n) is 6.25. The number of halogens is 1. The number of carbonyl (C=O) groups excluding carboxylic acids is 2. The summed E-state index contributed by atoms with van der Waals surface area (Å²) in [6.07, 6.45) is -1.41. The SMILES string of the molecule is COC(=O)C(O)CNC(=O)C(C)(C)Oc1ccc(Cl)cc1. The first-order chi connectivity index (χ1) is 9.76. The fraction of sp³-hybridized carbons (Fsp3) is 0.429. The molecule has 116 valence electrons. The van der Waals surface area contributed by atoms with Crippen molar-refractivity contribution >= 4 is 23.5 Å². The van der Waals surface area contributed by atoms with Gasteiger partial charge in [0.1, 0.15) is 5.75 Å². The van der Waals surface area contributed by atoms with E-state index in [1.165, 1.54) is 0 Å². The maximum atomic E-state index is 12.0. The lowest BCUT2D eigenvalue weighted by Crippen LogP contribution is -2.49. The minimum Gasteiger partial charge on any atom is -0.478 e. The standard InChI is InChI=1S/C14H18ClNO5/c1-14(2,21-10-6-4-9(15)5-7-10)13(19)16-8-11(17)12(18)20-3/h4-7,11,17H,8H2,1-3H3,(H,16,19). The summed E-state index contributed by atoms with van der Waals surface area (Å²) in [7, 11) is 1.15. The normalized spacial score (nSPS) is 12.4. The van der Waals surface area contributed by atoms with Crippen molar-refractivity contribution in [2.45, 2.75) is 25.6 Å². The van der Waals surface area contributed by atoms with Crippen molar-refractivity contribution in [3.8, 4) is 5.75 Å². The van der Waals surface area contributed by atoms with Crippen molar-refractivity contribution in [3.05, 3.63) is 29.3 Å². The van der Waals surface area contributed by atoms with Crippen LogP contribution >= 0.6 is 11.6 Å². The average Bonchev–Trinajstić information content (AvgIpc) is 2.45. The summed E-state index contributed by atoms with van der Waals surface area (Å²) in [5.41, 5.74) is -1.18. The Hall–Kier alpha value is -1.79. The largest absolute Gasteiger partial charge is 0.478 e. The van der Waals surface area contributed by atoms with Gasteiger partial charge in [0.2, 0.25) is 0 Å². The van der Waals surface area contributed by atoms with Gasteiger partial charge in [0.15, 0.2) is 11.7 Å². The molecule has 21 heavy (non-hydrogen) atoms. The van der Waals surface area contributed by atoms with E-state index < -0.39 is 23.6 Å². The topological polar surface area (TPSA) is 84.9 Å². The zero-order valence-electron chi connectivity index (χ0n) is 12.1. The van der Waals surface area contributed by atoms with Gasteiger partial charge < -0.3 is 19.9 Å². The predicted molar refractivity (Wildman–Crippen MR) is 77.2 cm³/mol. The maximum absolute atomic E-state index is 12.0. The summed E-state index contributed by atoms with van der Waals surface area (Å²) in [5, 5.41) is 12.4. The Labute approximate surface area is 128 Å². The highest BCUT2D eigenvalue weighted by Gasteiger charge is 2.30. The number of ether oxygens (including phenoxy) is 2. The summed E-state index contributed by atoms with van der Waals surface area (Å²) in [4.78, 5) is 23.1. The van der Waals surface area contributed by atoms with Gasteiger partial charge in [-0.3, -0.25) is 4.79 Å². The van der Waals surface area contributed by atoms with Gasteiger partial charge in [-0.05, 0) is 38.1 Å². The van der Waals surface area contributed by atoms with Crippen LogP contribution in [0.3, 0.4) is 0 Å². The summed E-state index contributed by atoms with van der Waals surface area (Å²) >= 11 is 5.77. The number of esters is 1. The van der Waals surface area contributed by atoms with Crippen molar-refractivity contribution in [2.24, 2.45) is 0 Å². The second-order valence-electron chi connectivity index (χ2n) is 4.82. The van der Waals surface area contributed by atoms with E-state index in [1.807, 2.05) is 0 Å². The molecule has 0 aliphatic rings. The Bertz CT molecular complexity index is 501. The molecule has 0 saturated heterocycles. The van der Waals surface area contributed by atoms with Crippen molar-refractivity contribution in [3.63, 3.8) is 0 Å². The highest BCUT2D eigenvalue weighted by Crippen LogP contribution is 2.20. The minimum atomic E-state index is -1.41. The van der Waals surface area contributed by atoms with Crippen LogP contribution in [-0.2, 0) is 14.3 Å². The number of amides is 1. The molecule has 0 aromatic heterocycles. The fourth-order valence-electron chi connectivity index (χ4n) is 1.47. The molecule has 1 unspecified atom stereocenters. The van der Waals surface area contributed by atoms with E-state index in [4.69, 9.17) is 16.3 Å². The molecule has 1 aromatic rings. The number of benzene rings is 1. The molecular weight excluding hydrogens is 298 g/mol. The number of aliphatic hydroxyl groups is 1. The van der Waals surface area contributed by atoms with E-state index in [-0.39, 0.29) is 6.54 Å². The molecule has 1 amide bonds. The van der Waals surface area contributed by atoms with Gasteiger partial charge in [-0.1, -0.05) is 11.6 Å². The van der Waals surface area contributed by atoms with Gasteiger partial charge in [-0.2, -0.15) is 0 Å². The van der Waals surface area contributed by atoms with Crippen molar-refractivity contribution < 1.29 is 24.2 Å². The summed E-state index contributed by atoms with van der Waals surface area (Å²) in [5.74, 6) is -0.805. The number of nitrogens with one attached hydrogen (secondary N) is 1. The zero-order chi connectivity index (χ0) is 16.0. The van der Waals surface area contributed by atoms with Gasteiger partial charge in [-0.15, -0.1) is 0 Å². The van der Waals surface area contributed by atoms with Crippen LogP contribution in [0.5, 0.6) is 5.75 Å². The molecule has 0 heterocycles. The second kappa shape index (κ2) is 7.28. The van der Waals surface area contributed by atoms with Crippen LogP contribution < -0.4 is 10.1 Å². The Kier molecular flexibility index (Phi) is 5.99. The van der Waals surface area contributed by atoms with E-state index in [0.29, 0.717) is 10.8 Å². The molecule has 2 N–H and O–H groups in total. The van der Waals surface area contributed by atoms with Gasteiger partial charge in [0, 0.05) is 5.02 Å². The fourth-order valence-corrected chi connectivity index (χ4v) is 1.59. The molecular formula is C14H18ClNO5. The summed E-state index contributed by atoms with van der Waals surface area (Å²) < 4.78 is 9.92. The monoisotopic (exact) mass is 315 g/mol. The van der Waals surface area contributed by atoms with Crippen molar-refractivity contribution in [1.29, 1.82) is 0 Å². The van der Waals surface area contributed by atoms with Gasteiger partial charge in [0.25, 0.3) is 5.91 Å². The predicted octanol–water partition coefficient (Wildman–Crippen LogP) is 1.15. The van der Waals surface area contributed by atoms with E-state index in [1.54, 1.807) is 38.1 Å². The molecule has 0 spiro atoms. The third kappa shape index (κ3) is 5.24. The molecule has 6 nitrogen and oxygen atoms in total. The highest BCUT2D eigenvalue weighted by atomic mass is 35.5. The molecule has 0 radical (unpaired) electrons. The van der Waals surface area contributed by atoms with Crippen molar-refractivity contribution in [1.82, 2.24) is 5.32 Å². The van der Waals surface area contributed by atoms with Crippen LogP contribution in [0.4, 0.5) is 0 Å². The Balaban J connectivity index is 2.58. The molecule has 0 saturated carbocycles. The first-order valence-corrected chi connectivity index (χ1v) is 6.63. The first kappa shape index (κ1) is 17.3. The van der Waals surface area contributed by atoms with E-state index in [0.717, 1.165) is 7.11 Å². The Morgan fingerprint density at radius 3 is 2.43 bits per heavy atom. The van der Waals surface area contributed by atoms with E-state index in [2.05, 4.69) is 10.1 Å². The number of carbonyl (C=O) groups is 2. The molecule has 1 aromatic carbocycles. The third-order valence-corrected chi connectivity index (χ3v) is 2.91. The van der Waals surface area contributed by atoms with Crippen LogP contribution in [0.1, 0.15) is 13.8 Å². The van der Waals surface area contributed by atoms with Gasteiger partial charge in [-0.25, -0.2) is 4.79 Å². The van der Waals surface area contributed by atoms with E-state index >= 15 is 0 Å². The number of hydrogen-bond acceptors (Lipinski definition) is 5. The molecule has 0 aliphatic heterocycles. The maximum Gasteiger partial charge on any atom is 0.336 e. The van der Waals surface area contributed by atoms with Crippen molar-refractivity contribution in [2.75, 3.05) is 13.7 Å². The molecule has 0 aliphatic carbocycles. The smallest absolute Gasteiger partial charge is 0.336 e. The number of rotatable bonds is 6. The number of methoxy groups -OCH3 is 1. The quantitative estimate of drug-likeness (QED) is 0.769. The highest BCUT2D eigenvalue weighted by molar-refractivity contribution is 6.30. The lowest BCUT2D eigenvalue weighted by Gasteiger charge is -2.25. The third-order valence-electron chi connectivity index (χ3n) is 2.66. The van der Waals surface area contributed by atoms with E-state index in [9.17, 15) is 14.7 Å². The minimum absolute atomic E-state index is 0.251. The summed E-state index contributed by atoms with van der Waals surface area (Å²) in [6.45, 7) is 2.89. The molecule has 1 rings (SSSR count). The Morgan fingerprint density at radius 2 is 1.90 bits per heavy atom. The van der Waals surface area contributed by atoms with Gasteiger partial charge >= 0.3 is 5.97 Å². The van der Waals surface area contributed by atoms with Crippen LogP contribution in [-0.4, -0.2) is 42.3 Å². The lowest BCUT2D eigenvalue weighted by molar-refractivity contribution is -0.150. The van der Waals surface area contributed by atoms with Crippen LogP contribution in [0, 0.1) is 0 Å². The van der Waals surface area contributed by atoms with Crippen LogP contribution in [0.2, 0.25) is 5.02 Å². The van der Waals surface area contributed by atoms with Crippen LogP contribution in [0.25, 0.3) is 0 Å². The van der Waals surface area contributed by atoms with Crippen LogP contribution in [0.15, 0.2) is 24.3 Å². The number of aliphatic hydroxyl groups excluding tert-OH is 1. The Morgan fingerprint density at radius 1 is 1.33 bits per heavy atom. The zero-order valence-corrected chi connectivity index (χ0v) is 12.8.